The van der Waals surface area contributed by atoms with Gasteiger partial charge in [-0.3, -0.25) is 0 Å². The first-order valence-electron chi connectivity index (χ1n) is 9.67. The Morgan fingerprint density at radius 2 is 1.65 bits per heavy atom. The van der Waals surface area contributed by atoms with Crippen LogP contribution in [0.15, 0.2) is 41.3 Å². The molecular weight excluding hydrogens is 420 g/mol. The number of fused-ring (bicyclic) bond motifs is 3. The van der Waals surface area contributed by atoms with Crippen LogP contribution in [0.4, 0.5) is 0 Å². The average Bonchev–Trinajstić information content (AvgIpc) is 3.14. The van der Waals surface area contributed by atoms with Gasteiger partial charge in [0.1, 0.15) is 0 Å². The van der Waals surface area contributed by atoms with Gasteiger partial charge in [-0.2, -0.15) is 4.31 Å². The fraction of sp³-hybridized carbons (Fsp3) is 0.273. The molecule has 2 aromatic carbocycles. The van der Waals surface area contributed by atoms with E-state index in [1.807, 2.05) is 0 Å². The molecule has 3 aromatic rings. The lowest BCUT2D eigenvalue weighted by Crippen LogP contribution is -2.36. The summed E-state index contributed by atoms with van der Waals surface area (Å²) in [6, 6.07) is 9.61. The van der Waals surface area contributed by atoms with Crippen LogP contribution < -0.4 is 0 Å². The van der Waals surface area contributed by atoms with Crippen molar-refractivity contribution in [1.82, 2.24) is 9.29 Å². The Labute approximate surface area is 179 Å². The highest BCUT2D eigenvalue weighted by Crippen LogP contribution is 2.32. The van der Waals surface area contributed by atoms with E-state index in [0.717, 1.165) is 22.2 Å². The van der Waals surface area contributed by atoms with Crippen LogP contribution in [0.25, 0.3) is 10.9 Å². The van der Waals surface area contributed by atoms with Gasteiger partial charge < -0.3 is 14.5 Å². The van der Waals surface area contributed by atoms with Crippen molar-refractivity contribution in [1.29, 1.82) is 0 Å². The van der Waals surface area contributed by atoms with Crippen LogP contribution in [0.1, 0.15) is 37.5 Å². The Kier molecular flexibility index (Phi) is 5.32. The number of carbonyl (C=O) groups excluding carboxylic acids is 2. The van der Waals surface area contributed by atoms with E-state index in [2.05, 4.69) is 4.98 Å². The molecule has 31 heavy (non-hydrogen) atoms. The fourth-order valence-electron chi connectivity index (χ4n) is 3.96. The van der Waals surface area contributed by atoms with Crippen LogP contribution in [0, 0.1) is 6.92 Å². The molecule has 0 atom stereocenters. The predicted molar refractivity (Wildman–Crippen MR) is 113 cm³/mol. The van der Waals surface area contributed by atoms with E-state index in [1.165, 1.54) is 36.7 Å². The highest BCUT2D eigenvalue weighted by molar-refractivity contribution is 7.89. The minimum atomic E-state index is -3.79. The summed E-state index contributed by atoms with van der Waals surface area (Å²) >= 11 is 0. The Hall–Kier alpha value is -3.17. The number of nitrogens with one attached hydrogen (secondary N) is 1. The second-order valence-corrected chi connectivity index (χ2v) is 9.30. The molecule has 8 nitrogen and oxygen atoms in total. The van der Waals surface area contributed by atoms with E-state index in [0.29, 0.717) is 29.7 Å². The van der Waals surface area contributed by atoms with Crippen molar-refractivity contribution in [3.8, 4) is 0 Å². The van der Waals surface area contributed by atoms with Crippen molar-refractivity contribution in [3.05, 3.63) is 64.3 Å². The molecule has 162 valence electrons. The van der Waals surface area contributed by atoms with E-state index in [1.54, 1.807) is 25.1 Å². The molecule has 0 spiro atoms. The molecule has 0 aliphatic carbocycles. The fourth-order valence-corrected chi connectivity index (χ4v) is 5.58. The molecule has 0 bridgehead atoms. The van der Waals surface area contributed by atoms with Crippen molar-refractivity contribution in [3.63, 3.8) is 0 Å². The molecular formula is C22H22N2O6S. The summed E-state index contributed by atoms with van der Waals surface area (Å²) < 4.78 is 37.7. The molecule has 0 fully saturated rings. The van der Waals surface area contributed by atoms with Crippen LogP contribution in [-0.4, -0.2) is 50.4 Å². The van der Waals surface area contributed by atoms with Gasteiger partial charge in [0.15, 0.2) is 0 Å². The highest BCUT2D eigenvalue weighted by atomic mass is 32.2. The predicted octanol–water partition coefficient (Wildman–Crippen LogP) is 2.80. The van der Waals surface area contributed by atoms with Crippen LogP contribution in [-0.2, 0) is 32.5 Å². The van der Waals surface area contributed by atoms with Gasteiger partial charge in [0.2, 0.25) is 10.0 Å². The van der Waals surface area contributed by atoms with Crippen LogP contribution in [0.5, 0.6) is 0 Å². The lowest BCUT2D eigenvalue weighted by molar-refractivity contribution is 0.0592. The molecule has 0 unspecified atom stereocenters. The molecule has 0 saturated heterocycles. The molecule has 0 saturated carbocycles. The van der Waals surface area contributed by atoms with Gasteiger partial charge in [0.25, 0.3) is 0 Å². The molecule has 9 heteroatoms. The summed E-state index contributed by atoms with van der Waals surface area (Å²) in [6.07, 6.45) is 0.524. The quantitative estimate of drug-likeness (QED) is 0.623. The SMILES string of the molecule is COC(=O)c1ccc(S(=O)(=O)N2CCc3[nH]c4ccc(C(=O)OC)cc4c3C2)c(C)c1. The first-order valence-corrected chi connectivity index (χ1v) is 11.1. The third kappa shape index (κ3) is 3.60. The summed E-state index contributed by atoms with van der Waals surface area (Å²) in [5.74, 6) is -0.965. The molecule has 1 aromatic heterocycles. The number of aryl methyl sites for hydroxylation is 1. The third-order valence-corrected chi connectivity index (χ3v) is 7.58. The first-order chi connectivity index (χ1) is 14.8. The number of sulfonamides is 1. The summed E-state index contributed by atoms with van der Waals surface area (Å²) in [7, 11) is -1.19. The summed E-state index contributed by atoms with van der Waals surface area (Å²) in [4.78, 5) is 27.1. The smallest absolute Gasteiger partial charge is 0.337 e. The molecule has 0 radical (unpaired) electrons. The number of benzene rings is 2. The number of aromatic amines is 1. The molecule has 0 amide bonds. The highest BCUT2D eigenvalue weighted by Gasteiger charge is 2.31. The zero-order valence-electron chi connectivity index (χ0n) is 17.4. The van der Waals surface area contributed by atoms with E-state index in [9.17, 15) is 18.0 Å². The van der Waals surface area contributed by atoms with Gasteiger partial charge in [-0.15, -0.1) is 0 Å². The molecule has 1 N–H and O–H groups in total. The molecule has 1 aliphatic heterocycles. The number of aromatic nitrogens is 1. The van der Waals surface area contributed by atoms with Gasteiger partial charge in [0, 0.05) is 36.1 Å². The average molecular weight is 442 g/mol. The van der Waals surface area contributed by atoms with Crippen molar-refractivity contribution in [2.45, 2.75) is 24.8 Å². The Bertz CT molecular complexity index is 1310. The second-order valence-electron chi connectivity index (χ2n) is 7.39. The lowest BCUT2D eigenvalue weighted by Gasteiger charge is -2.27. The Morgan fingerprint density at radius 3 is 2.29 bits per heavy atom. The zero-order chi connectivity index (χ0) is 22.3. The summed E-state index contributed by atoms with van der Waals surface area (Å²) in [5.41, 5.74) is 3.83. The Balaban J connectivity index is 1.70. The number of hydrogen-bond acceptors (Lipinski definition) is 6. The van der Waals surface area contributed by atoms with Crippen molar-refractivity contribution < 1.29 is 27.5 Å². The maximum absolute atomic E-state index is 13.4. The minimum absolute atomic E-state index is 0.152. The van der Waals surface area contributed by atoms with Crippen molar-refractivity contribution >= 4 is 32.9 Å². The maximum Gasteiger partial charge on any atom is 0.337 e. The zero-order valence-corrected chi connectivity index (χ0v) is 18.2. The lowest BCUT2D eigenvalue weighted by atomic mass is 10.0. The van der Waals surface area contributed by atoms with Crippen LogP contribution in [0.3, 0.4) is 0 Å². The number of hydrogen-bond donors (Lipinski definition) is 1. The van der Waals surface area contributed by atoms with Crippen LogP contribution >= 0.6 is 0 Å². The number of methoxy groups -OCH3 is 2. The molecule has 2 heterocycles. The van der Waals surface area contributed by atoms with Gasteiger partial charge in [-0.1, -0.05) is 0 Å². The van der Waals surface area contributed by atoms with E-state index in [4.69, 9.17) is 9.47 Å². The van der Waals surface area contributed by atoms with Gasteiger partial charge >= 0.3 is 11.9 Å². The minimum Gasteiger partial charge on any atom is -0.465 e. The number of ether oxygens (including phenoxy) is 2. The third-order valence-electron chi connectivity index (χ3n) is 5.58. The van der Waals surface area contributed by atoms with Crippen molar-refractivity contribution in [2.24, 2.45) is 0 Å². The molecule has 4 rings (SSSR count). The number of carbonyl (C=O) groups is 2. The normalized spacial score (nSPS) is 14.3. The van der Waals surface area contributed by atoms with E-state index < -0.39 is 22.0 Å². The number of rotatable bonds is 4. The maximum atomic E-state index is 13.4. The number of esters is 2. The summed E-state index contributed by atoms with van der Waals surface area (Å²) in [5, 5.41) is 0.801. The van der Waals surface area contributed by atoms with Crippen molar-refractivity contribution in [2.75, 3.05) is 20.8 Å². The van der Waals surface area contributed by atoms with Gasteiger partial charge in [-0.25, -0.2) is 18.0 Å². The van der Waals surface area contributed by atoms with E-state index >= 15 is 0 Å². The summed E-state index contributed by atoms with van der Waals surface area (Å²) in [6.45, 7) is 2.16. The molecule has 1 aliphatic rings. The van der Waals surface area contributed by atoms with Crippen LogP contribution in [0.2, 0.25) is 0 Å². The largest absolute Gasteiger partial charge is 0.465 e. The Morgan fingerprint density at radius 1 is 1.00 bits per heavy atom. The standard InChI is InChI=1S/C22H22N2O6S/c1-13-10-14(21(25)29-2)5-7-20(13)31(27,28)24-9-8-19-17(12-24)16-11-15(22(26)30-3)4-6-18(16)23-19/h4-7,10-11,23H,8-9,12H2,1-3H3. The first kappa shape index (κ1) is 21.1. The van der Waals surface area contributed by atoms with E-state index in [-0.39, 0.29) is 11.4 Å². The number of nitrogens with zero attached hydrogens (tertiary/aromatic N) is 1. The monoisotopic (exact) mass is 442 g/mol. The van der Waals surface area contributed by atoms with Gasteiger partial charge in [0.05, 0.1) is 30.2 Å². The second kappa shape index (κ2) is 7.82. The topological polar surface area (TPSA) is 106 Å². The number of H-pyrrole nitrogens is 1. The van der Waals surface area contributed by atoms with Gasteiger partial charge in [-0.05, 0) is 54.4 Å².